The second-order valence-electron chi connectivity index (χ2n) is 9.82. The molecular formula is C27H34Cl2N8O2. The third-order valence-corrected chi connectivity index (χ3v) is 7.95. The SMILES string of the molecule is CCO/C=N/c1nc(N2CCN(C3CCN(Cc4ccc(Cl)cc4)CC3)[C@@H](CC)C2)c(Cl)nc1-c1nnco1. The Bertz CT molecular complexity index is 1230. The third-order valence-electron chi connectivity index (χ3n) is 7.44. The molecule has 4 heterocycles. The van der Waals surface area contributed by atoms with Gasteiger partial charge in [-0.15, -0.1) is 10.2 Å². The molecule has 0 unspecified atom stereocenters. The summed E-state index contributed by atoms with van der Waals surface area (Å²) in [5, 5.41) is 8.78. The second-order valence-corrected chi connectivity index (χ2v) is 10.6. The van der Waals surface area contributed by atoms with E-state index in [4.69, 9.17) is 37.3 Å². The zero-order valence-corrected chi connectivity index (χ0v) is 23.9. The lowest BCUT2D eigenvalue weighted by Gasteiger charge is -2.47. The van der Waals surface area contributed by atoms with E-state index in [9.17, 15) is 0 Å². The number of hydrogen-bond acceptors (Lipinski definition) is 10. The lowest BCUT2D eigenvalue weighted by molar-refractivity contribution is 0.0610. The summed E-state index contributed by atoms with van der Waals surface area (Å²) in [5.41, 5.74) is 1.64. The number of benzene rings is 1. The summed E-state index contributed by atoms with van der Waals surface area (Å²) in [5.74, 6) is 1.15. The zero-order valence-electron chi connectivity index (χ0n) is 22.3. The maximum absolute atomic E-state index is 6.67. The van der Waals surface area contributed by atoms with Crippen molar-refractivity contribution in [2.75, 3.05) is 44.2 Å². The minimum atomic E-state index is 0.207. The van der Waals surface area contributed by atoms with E-state index < -0.39 is 0 Å². The fourth-order valence-corrected chi connectivity index (χ4v) is 5.81. The smallest absolute Gasteiger partial charge is 0.270 e. The van der Waals surface area contributed by atoms with Gasteiger partial charge < -0.3 is 14.1 Å². The van der Waals surface area contributed by atoms with E-state index in [0.717, 1.165) is 50.7 Å². The van der Waals surface area contributed by atoms with Gasteiger partial charge in [-0.1, -0.05) is 42.3 Å². The van der Waals surface area contributed by atoms with Crippen LogP contribution in [0.3, 0.4) is 0 Å². The largest absolute Gasteiger partial charge is 0.483 e. The van der Waals surface area contributed by atoms with E-state index in [1.54, 1.807) is 0 Å². The molecule has 0 N–H and O–H groups in total. The molecule has 10 nitrogen and oxygen atoms in total. The van der Waals surface area contributed by atoms with E-state index in [2.05, 4.69) is 53.9 Å². The molecule has 0 amide bonds. The van der Waals surface area contributed by atoms with Gasteiger partial charge >= 0.3 is 0 Å². The summed E-state index contributed by atoms with van der Waals surface area (Å²) in [7, 11) is 0. The standard InChI is InChI=1S/C27H34Cl2N8O2/c1-3-21-16-36(26-24(29)32-23(27-34-31-18-39-27)25(33-26)30-17-38-4-2)13-14-37(21)22-9-11-35(12-10-22)15-19-5-7-20(28)8-6-19/h5-8,17-18,21-22H,3-4,9-16H2,1-2H3/b30-17+/t21-/m0/s1. The number of piperazine rings is 1. The molecule has 0 radical (unpaired) electrons. The molecule has 2 fully saturated rings. The molecule has 5 rings (SSSR count). The summed E-state index contributed by atoms with van der Waals surface area (Å²) in [4.78, 5) is 21.1. The van der Waals surface area contributed by atoms with Gasteiger partial charge in [-0.2, -0.15) is 4.99 Å². The predicted octanol–water partition coefficient (Wildman–Crippen LogP) is 5.09. The van der Waals surface area contributed by atoms with Gasteiger partial charge in [0, 0.05) is 43.3 Å². The van der Waals surface area contributed by atoms with Gasteiger partial charge in [-0.05, 0) is 57.0 Å². The maximum Gasteiger partial charge on any atom is 0.270 e. The number of aliphatic imine (C=N–C) groups is 1. The van der Waals surface area contributed by atoms with Crippen molar-refractivity contribution in [3.05, 3.63) is 46.4 Å². The number of anilines is 1. The number of halogens is 2. The van der Waals surface area contributed by atoms with Crippen molar-refractivity contribution >= 4 is 41.2 Å². The van der Waals surface area contributed by atoms with Crippen LogP contribution in [-0.2, 0) is 11.3 Å². The van der Waals surface area contributed by atoms with Crippen molar-refractivity contribution in [3.63, 3.8) is 0 Å². The molecule has 208 valence electrons. The van der Waals surface area contributed by atoms with Gasteiger partial charge in [-0.3, -0.25) is 9.80 Å². The van der Waals surface area contributed by atoms with Crippen LogP contribution in [0.5, 0.6) is 0 Å². The molecule has 2 aliphatic rings. The minimum Gasteiger partial charge on any atom is -0.483 e. The first-order chi connectivity index (χ1) is 19.1. The molecule has 2 aromatic heterocycles. The highest BCUT2D eigenvalue weighted by molar-refractivity contribution is 6.32. The average molecular weight is 574 g/mol. The average Bonchev–Trinajstić information content (AvgIpc) is 3.50. The quantitative estimate of drug-likeness (QED) is 0.256. The van der Waals surface area contributed by atoms with Crippen molar-refractivity contribution in [1.82, 2.24) is 30.0 Å². The third kappa shape index (κ3) is 6.69. The minimum absolute atomic E-state index is 0.207. The summed E-state index contributed by atoms with van der Waals surface area (Å²) >= 11 is 12.7. The Kier molecular flexibility index (Phi) is 9.28. The Morgan fingerprint density at radius 3 is 2.56 bits per heavy atom. The van der Waals surface area contributed by atoms with Crippen molar-refractivity contribution in [2.24, 2.45) is 4.99 Å². The summed E-state index contributed by atoms with van der Waals surface area (Å²) in [6.07, 6.45) is 5.97. The van der Waals surface area contributed by atoms with Crippen molar-refractivity contribution in [3.8, 4) is 11.6 Å². The van der Waals surface area contributed by atoms with Gasteiger partial charge in [0.1, 0.15) is 0 Å². The fourth-order valence-electron chi connectivity index (χ4n) is 5.43. The molecule has 0 aliphatic carbocycles. The van der Waals surface area contributed by atoms with E-state index in [-0.39, 0.29) is 11.0 Å². The van der Waals surface area contributed by atoms with Crippen LogP contribution in [-0.4, -0.2) is 87.8 Å². The predicted molar refractivity (Wildman–Crippen MR) is 153 cm³/mol. The Hall–Kier alpha value is -2.79. The van der Waals surface area contributed by atoms with Crippen LogP contribution in [0.15, 0.2) is 40.1 Å². The lowest BCUT2D eigenvalue weighted by Crippen LogP contribution is -2.58. The number of rotatable bonds is 9. The van der Waals surface area contributed by atoms with Crippen LogP contribution in [0, 0.1) is 0 Å². The van der Waals surface area contributed by atoms with Crippen LogP contribution in [0.2, 0.25) is 10.2 Å². The highest BCUT2D eigenvalue weighted by Gasteiger charge is 2.34. The Morgan fingerprint density at radius 1 is 1.08 bits per heavy atom. The Labute approximate surface area is 239 Å². The molecule has 0 spiro atoms. The number of hydrogen-bond donors (Lipinski definition) is 0. The number of nitrogens with zero attached hydrogens (tertiary/aromatic N) is 8. The highest BCUT2D eigenvalue weighted by Crippen LogP contribution is 2.34. The molecule has 3 aromatic rings. The summed E-state index contributed by atoms with van der Waals surface area (Å²) in [6.45, 7) is 10.4. The summed E-state index contributed by atoms with van der Waals surface area (Å²) < 4.78 is 10.6. The molecule has 1 atom stereocenters. The van der Waals surface area contributed by atoms with E-state index >= 15 is 0 Å². The van der Waals surface area contributed by atoms with E-state index in [1.807, 2.05) is 19.1 Å². The zero-order chi connectivity index (χ0) is 27.2. The van der Waals surface area contributed by atoms with E-state index in [0.29, 0.717) is 36.0 Å². The Balaban J connectivity index is 1.25. The molecule has 12 heteroatoms. The molecule has 2 saturated heterocycles. The normalized spacial score (nSPS) is 19.7. The number of piperidine rings is 1. The van der Waals surface area contributed by atoms with Crippen molar-refractivity contribution in [1.29, 1.82) is 0 Å². The molecule has 2 aliphatic heterocycles. The van der Waals surface area contributed by atoms with Crippen LogP contribution in [0.4, 0.5) is 11.6 Å². The molecular weight excluding hydrogens is 539 g/mol. The van der Waals surface area contributed by atoms with Crippen LogP contribution < -0.4 is 4.90 Å². The molecule has 1 aromatic carbocycles. The fraction of sp³-hybridized carbons (Fsp3) is 0.519. The van der Waals surface area contributed by atoms with Gasteiger partial charge in [0.25, 0.3) is 5.89 Å². The second kappa shape index (κ2) is 13.0. The van der Waals surface area contributed by atoms with Gasteiger partial charge in [0.2, 0.25) is 6.39 Å². The number of likely N-dealkylation sites (tertiary alicyclic amines) is 1. The van der Waals surface area contributed by atoms with Crippen LogP contribution in [0.1, 0.15) is 38.7 Å². The highest BCUT2D eigenvalue weighted by atomic mass is 35.5. The van der Waals surface area contributed by atoms with Crippen molar-refractivity contribution in [2.45, 2.75) is 51.7 Å². The molecule has 0 bridgehead atoms. The monoisotopic (exact) mass is 572 g/mol. The topological polar surface area (TPSA) is 96.0 Å². The first-order valence-electron chi connectivity index (χ1n) is 13.5. The van der Waals surface area contributed by atoms with Crippen LogP contribution >= 0.6 is 23.2 Å². The Morgan fingerprint density at radius 2 is 1.87 bits per heavy atom. The van der Waals surface area contributed by atoms with Gasteiger partial charge in [0.15, 0.2) is 28.9 Å². The van der Waals surface area contributed by atoms with E-state index in [1.165, 1.54) is 31.2 Å². The first kappa shape index (κ1) is 27.8. The molecule has 0 saturated carbocycles. The molecule has 39 heavy (non-hydrogen) atoms. The number of ether oxygens (including phenoxy) is 1. The van der Waals surface area contributed by atoms with Gasteiger partial charge in [0.05, 0.1) is 6.61 Å². The van der Waals surface area contributed by atoms with Crippen LogP contribution in [0.25, 0.3) is 11.6 Å². The van der Waals surface area contributed by atoms with Gasteiger partial charge in [-0.25, -0.2) is 9.97 Å². The maximum atomic E-state index is 6.67. The summed E-state index contributed by atoms with van der Waals surface area (Å²) in [6, 6.07) is 9.16. The lowest BCUT2D eigenvalue weighted by atomic mass is 9.98. The first-order valence-corrected chi connectivity index (χ1v) is 14.3. The number of aromatic nitrogens is 4. The van der Waals surface area contributed by atoms with Crippen molar-refractivity contribution < 1.29 is 9.15 Å².